The third-order valence-electron chi connectivity index (χ3n) is 4.71. The largest absolute Gasteiger partial charge is 0.319 e. The summed E-state index contributed by atoms with van der Waals surface area (Å²) in [5.41, 5.74) is 3.71. The van der Waals surface area contributed by atoms with Crippen LogP contribution >= 0.6 is 23.2 Å². The third-order valence-corrected chi connectivity index (χ3v) is 5.42. The topological polar surface area (TPSA) is 46.9 Å². The summed E-state index contributed by atoms with van der Waals surface area (Å²) in [4.78, 5) is 13.1. The molecule has 1 amide bonds. The highest BCUT2D eigenvalue weighted by Gasteiger charge is 2.14. The van der Waals surface area contributed by atoms with Crippen LogP contribution in [0.2, 0.25) is 10.0 Å². The molecule has 0 saturated heterocycles. The van der Waals surface area contributed by atoms with Crippen LogP contribution in [0.4, 0.5) is 5.69 Å². The second-order valence-corrected chi connectivity index (χ2v) is 7.73. The van der Waals surface area contributed by atoms with Gasteiger partial charge in [0, 0.05) is 27.4 Å². The summed E-state index contributed by atoms with van der Waals surface area (Å²) in [5, 5.41) is 8.42. The number of anilines is 1. The van der Waals surface area contributed by atoms with Crippen LogP contribution in [-0.2, 0) is 11.3 Å². The summed E-state index contributed by atoms with van der Waals surface area (Å²) in [6.07, 6.45) is 5.23. The molecular formula is C25H19Cl2N3O. The molecule has 0 spiro atoms. The Balaban J connectivity index is 1.56. The van der Waals surface area contributed by atoms with Gasteiger partial charge in [-0.3, -0.25) is 9.48 Å². The summed E-state index contributed by atoms with van der Waals surface area (Å²) in [6.45, 7) is 0.403. The van der Waals surface area contributed by atoms with Crippen LogP contribution in [0.5, 0.6) is 0 Å². The lowest BCUT2D eigenvalue weighted by atomic mass is 10.0. The van der Waals surface area contributed by atoms with Crippen LogP contribution in [0, 0.1) is 0 Å². The van der Waals surface area contributed by atoms with Gasteiger partial charge in [0.05, 0.1) is 18.4 Å². The molecule has 154 valence electrons. The van der Waals surface area contributed by atoms with Crippen molar-refractivity contribution in [2.24, 2.45) is 0 Å². The predicted octanol–water partition coefficient (Wildman–Crippen LogP) is 6.42. The van der Waals surface area contributed by atoms with Crippen LogP contribution in [0.15, 0.2) is 91.3 Å². The maximum absolute atomic E-state index is 13.1. The van der Waals surface area contributed by atoms with E-state index in [2.05, 4.69) is 10.4 Å². The van der Waals surface area contributed by atoms with E-state index in [1.165, 1.54) is 0 Å². The molecule has 0 saturated carbocycles. The van der Waals surface area contributed by atoms with Gasteiger partial charge in [-0.2, -0.15) is 5.10 Å². The molecule has 0 fully saturated rings. The molecule has 0 bridgehead atoms. The van der Waals surface area contributed by atoms with Crippen molar-refractivity contribution in [2.45, 2.75) is 6.54 Å². The summed E-state index contributed by atoms with van der Waals surface area (Å²) in [7, 11) is 0. The molecule has 1 aromatic heterocycles. The van der Waals surface area contributed by atoms with Crippen molar-refractivity contribution in [3.8, 4) is 0 Å². The first-order valence-electron chi connectivity index (χ1n) is 9.69. The van der Waals surface area contributed by atoms with E-state index in [9.17, 15) is 4.79 Å². The van der Waals surface area contributed by atoms with Crippen LogP contribution in [0.25, 0.3) is 11.6 Å². The van der Waals surface area contributed by atoms with Crippen molar-refractivity contribution in [1.82, 2.24) is 9.78 Å². The number of benzene rings is 3. The zero-order valence-corrected chi connectivity index (χ0v) is 18.0. The van der Waals surface area contributed by atoms with E-state index >= 15 is 0 Å². The Hall–Kier alpha value is -3.34. The molecule has 1 heterocycles. The predicted molar refractivity (Wildman–Crippen MR) is 127 cm³/mol. The first kappa shape index (κ1) is 20.9. The molecule has 4 aromatic rings. The van der Waals surface area contributed by atoms with Gasteiger partial charge in [0.1, 0.15) is 0 Å². The van der Waals surface area contributed by atoms with E-state index in [0.717, 1.165) is 16.7 Å². The quantitative estimate of drug-likeness (QED) is 0.273. The molecule has 4 rings (SSSR count). The number of amides is 1. The van der Waals surface area contributed by atoms with Crippen molar-refractivity contribution < 1.29 is 4.79 Å². The van der Waals surface area contributed by atoms with Crippen molar-refractivity contribution >= 4 is 46.4 Å². The van der Waals surface area contributed by atoms with E-state index < -0.39 is 0 Å². The minimum absolute atomic E-state index is 0.217. The fraction of sp³-hybridized carbons (Fsp3) is 0.0400. The highest BCUT2D eigenvalue weighted by atomic mass is 35.5. The van der Waals surface area contributed by atoms with Gasteiger partial charge >= 0.3 is 0 Å². The van der Waals surface area contributed by atoms with Crippen molar-refractivity contribution in [2.75, 3.05) is 5.32 Å². The minimum Gasteiger partial charge on any atom is -0.319 e. The number of aromatic nitrogens is 2. The SMILES string of the molecule is O=C(Nc1cnn(Cc2c(Cl)cccc2Cl)c1)/C(=C\c1ccccc1)c1ccccc1. The molecule has 0 aliphatic rings. The van der Waals surface area contributed by atoms with E-state index in [1.54, 1.807) is 35.3 Å². The lowest BCUT2D eigenvalue weighted by molar-refractivity contribution is -0.111. The molecule has 31 heavy (non-hydrogen) atoms. The van der Waals surface area contributed by atoms with Crippen molar-refractivity contribution in [1.29, 1.82) is 0 Å². The molecule has 4 nitrogen and oxygen atoms in total. The van der Waals surface area contributed by atoms with Gasteiger partial charge in [0.25, 0.3) is 5.91 Å². The van der Waals surface area contributed by atoms with E-state index in [1.807, 2.05) is 66.7 Å². The first-order chi connectivity index (χ1) is 15.1. The Morgan fingerprint density at radius 3 is 2.23 bits per heavy atom. The zero-order chi connectivity index (χ0) is 21.6. The van der Waals surface area contributed by atoms with Gasteiger partial charge in [-0.25, -0.2) is 0 Å². The number of nitrogens with zero attached hydrogens (tertiary/aromatic N) is 2. The number of hydrogen-bond acceptors (Lipinski definition) is 2. The minimum atomic E-state index is -0.217. The molecule has 0 atom stereocenters. The summed E-state index contributed by atoms with van der Waals surface area (Å²) >= 11 is 12.5. The normalized spacial score (nSPS) is 11.4. The number of halogens is 2. The molecule has 0 aliphatic heterocycles. The lowest BCUT2D eigenvalue weighted by Crippen LogP contribution is -2.13. The first-order valence-corrected chi connectivity index (χ1v) is 10.4. The Bertz CT molecular complexity index is 1200. The average Bonchev–Trinajstić information content (AvgIpc) is 3.23. The Morgan fingerprint density at radius 2 is 1.55 bits per heavy atom. The van der Waals surface area contributed by atoms with Gasteiger partial charge in [0.15, 0.2) is 0 Å². The second kappa shape index (κ2) is 9.65. The van der Waals surface area contributed by atoms with Crippen LogP contribution < -0.4 is 5.32 Å². The van der Waals surface area contributed by atoms with Gasteiger partial charge in [-0.1, -0.05) is 89.9 Å². The molecule has 3 aromatic carbocycles. The Labute approximate surface area is 190 Å². The fourth-order valence-electron chi connectivity index (χ4n) is 3.17. The summed E-state index contributed by atoms with van der Waals surface area (Å²) in [5.74, 6) is -0.217. The number of rotatable bonds is 6. The lowest BCUT2D eigenvalue weighted by Gasteiger charge is -2.09. The van der Waals surface area contributed by atoms with Crippen molar-refractivity contribution in [3.63, 3.8) is 0 Å². The Morgan fingerprint density at radius 1 is 0.903 bits per heavy atom. The van der Waals surface area contributed by atoms with Gasteiger partial charge in [-0.05, 0) is 29.3 Å². The smallest absolute Gasteiger partial charge is 0.256 e. The standard InChI is InChI=1S/C25H19Cl2N3O/c26-23-12-7-13-24(27)22(23)17-30-16-20(15-28-30)29-25(31)21(19-10-5-2-6-11-19)14-18-8-3-1-4-9-18/h1-16H,17H2,(H,29,31)/b21-14-. The molecule has 0 radical (unpaired) electrons. The third kappa shape index (κ3) is 5.23. The van der Waals surface area contributed by atoms with Crippen LogP contribution in [0.3, 0.4) is 0 Å². The summed E-state index contributed by atoms with van der Waals surface area (Å²) < 4.78 is 1.69. The maximum atomic E-state index is 13.1. The van der Waals surface area contributed by atoms with Gasteiger partial charge < -0.3 is 5.32 Å². The average molecular weight is 448 g/mol. The Kier molecular flexibility index (Phi) is 6.51. The van der Waals surface area contributed by atoms with Crippen LogP contribution in [-0.4, -0.2) is 15.7 Å². The molecule has 1 N–H and O–H groups in total. The molecule has 0 aliphatic carbocycles. The van der Waals surface area contributed by atoms with E-state index in [4.69, 9.17) is 23.2 Å². The molecule has 0 unspecified atom stereocenters. The molecule has 6 heteroatoms. The monoisotopic (exact) mass is 447 g/mol. The van der Waals surface area contributed by atoms with Gasteiger partial charge in [-0.15, -0.1) is 0 Å². The number of carbonyl (C=O) groups excluding carboxylic acids is 1. The van der Waals surface area contributed by atoms with Crippen LogP contribution in [0.1, 0.15) is 16.7 Å². The summed E-state index contributed by atoms with van der Waals surface area (Å²) in [6, 6.07) is 24.7. The zero-order valence-electron chi connectivity index (χ0n) is 16.5. The highest BCUT2D eigenvalue weighted by molar-refractivity contribution is 6.36. The van der Waals surface area contributed by atoms with E-state index in [0.29, 0.717) is 27.9 Å². The van der Waals surface area contributed by atoms with Crippen molar-refractivity contribution in [3.05, 3.63) is 118 Å². The maximum Gasteiger partial charge on any atom is 0.256 e. The second-order valence-electron chi connectivity index (χ2n) is 6.92. The number of hydrogen-bond donors (Lipinski definition) is 1. The van der Waals surface area contributed by atoms with E-state index in [-0.39, 0.29) is 5.91 Å². The fourth-order valence-corrected chi connectivity index (χ4v) is 3.69. The highest BCUT2D eigenvalue weighted by Crippen LogP contribution is 2.25. The number of nitrogens with one attached hydrogen (secondary N) is 1. The van der Waals surface area contributed by atoms with Gasteiger partial charge in [0.2, 0.25) is 0 Å². The number of carbonyl (C=O) groups is 1. The molecular weight excluding hydrogens is 429 g/mol.